The molecule has 1 radical (unpaired) electrons. The number of hydrogen-bond acceptors (Lipinski definition) is 1. The van der Waals surface area contributed by atoms with Crippen LogP contribution in [-0.2, 0) is 26.5 Å². The number of para-hydroxylation sites is 2. The van der Waals surface area contributed by atoms with Gasteiger partial charge in [0, 0.05) is 5.41 Å². The van der Waals surface area contributed by atoms with Crippen LogP contribution in [-0.4, -0.2) is 34.1 Å². The van der Waals surface area contributed by atoms with Crippen molar-refractivity contribution in [1.29, 1.82) is 0 Å². The molecule has 2 aromatic carbocycles. The van der Waals surface area contributed by atoms with E-state index >= 15 is 0 Å². The Morgan fingerprint density at radius 3 is 1.41 bits per heavy atom. The maximum Gasteiger partial charge on any atom is 3.00 e. The van der Waals surface area contributed by atoms with Gasteiger partial charge in [0.25, 0.3) is 0 Å². The third-order valence-electron chi connectivity index (χ3n) is 3.22. The number of carbonyl (C=O) groups is 1. The number of amides is 1. The molecule has 0 saturated heterocycles. The average Bonchev–Trinajstić information content (AvgIpc) is 3.15. The van der Waals surface area contributed by atoms with Crippen LogP contribution in [0.25, 0.3) is 10.6 Å². The van der Waals surface area contributed by atoms with Crippen LogP contribution in [0, 0.1) is 19.3 Å². The van der Waals surface area contributed by atoms with Crippen LogP contribution in [0.4, 0.5) is 11.4 Å². The molecule has 1 amide bonds. The monoisotopic (exact) mass is 404 g/mol. The first-order chi connectivity index (χ1) is 12.1. The second-order valence-electron chi connectivity index (χ2n) is 7.24. The fourth-order valence-electron chi connectivity index (χ4n) is 2.08. The predicted octanol–water partition coefficient (Wildman–Crippen LogP) is 5.97. The summed E-state index contributed by atoms with van der Waals surface area (Å²) in [6.07, 6.45) is 0. The Kier molecular flexibility index (Phi) is 14.2. The molecule has 0 fully saturated rings. The smallest absolute Gasteiger partial charge is 0.668 e. The number of nitrogens with zero attached hydrogens (tertiary/aromatic N) is 3. The molecule has 1 aliphatic heterocycles. The molecule has 1 heterocycles. The van der Waals surface area contributed by atoms with Gasteiger partial charge in [0.15, 0.2) is 0 Å². The van der Waals surface area contributed by atoms with E-state index in [0.29, 0.717) is 0 Å². The Labute approximate surface area is 181 Å². The van der Waals surface area contributed by atoms with Crippen molar-refractivity contribution in [2.45, 2.75) is 34.6 Å². The van der Waals surface area contributed by atoms with E-state index in [2.05, 4.69) is 42.7 Å². The molecule has 0 bridgehead atoms. The number of carbonyl (C=O) groups excluding carboxylic acids is 1. The molecule has 4 nitrogen and oxygen atoms in total. The Morgan fingerprint density at radius 1 is 0.852 bits per heavy atom. The minimum absolute atomic E-state index is 0. The van der Waals surface area contributed by atoms with Crippen LogP contribution in [0.3, 0.4) is 0 Å². The number of benzene rings is 1. The van der Waals surface area contributed by atoms with E-state index in [1.54, 1.807) is 33.1 Å². The van der Waals surface area contributed by atoms with E-state index in [9.17, 15) is 4.79 Å². The molecule has 0 aromatic heterocycles. The van der Waals surface area contributed by atoms with Gasteiger partial charge in [-0.1, -0.05) is 46.8 Å². The van der Waals surface area contributed by atoms with Crippen LogP contribution in [0.1, 0.15) is 31.9 Å². The standard InChI is InChI=1S/C11H13NO.C7H9.2C2H6N.Ti/c1-11(2,3)10(13)12-8-6-4-5-7-9(8)12;1-6-3-4-7(2)5-6;2*1-3-2;/h4-7H,1-3H3;3-5H,1-2H3;2*1-2H3;/q;3*-1;+3. The van der Waals surface area contributed by atoms with E-state index in [-0.39, 0.29) is 33.0 Å². The third kappa shape index (κ3) is 10.6. The molecule has 27 heavy (non-hydrogen) atoms. The van der Waals surface area contributed by atoms with Crippen LogP contribution in [0.15, 0.2) is 42.5 Å². The second-order valence-corrected chi connectivity index (χ2v) is 7.24. The first-order valence-corrected chi connectivity index (χ1v) is 8.73. The summed E-state index contributed by atoms with van der Waals surface area (Å²) in [6, 6.07) is 14.3. The van der Waals surface area contributed by atoms with Crippen molar-refractivity contribution in [2.24, 2.45) is 5.41 Å². The van der Waals surface area contributed by atoms with E-state index in [4.69, 9.17) is 0 Å². The zero-order valence-corrected chi connectivity index (χ0v) is 19.9. The average molecular weight is 404 g/mol. The molecule has 2 aromatic rings. The van der Waals surface area contributed by atoms with Crippen LogP contribution < -0.4 is 4.90 Å². The van der Waals surface area contributed by atoms with Gasteiger partial charge in [-0.2, -0.15) is 45.4 Å². The molecule has 0 aliphatic carbocycles. The molecule has 0 atom stereocenters. The van der Waals surface area contributed by atoms with Gasteiger partial charge < -0.3 is 10.6 Å². The summed E-state index contributed by atoms with van der Waals surface area (Å²) < 4.78 is 0. The van der Waals surface area contributed by atoms with E-state index in [0.717, 1.165) is 11.4 Å². The van der Waals surface area contributed by atoms with Crippen molar-refractivity contribution in [3.63, 3.8) is 0 Å². The normalized spacial score (nSPS) is 10.5. The maximum atomic E-state index is 11.8. The first kappa shape index (κ1) is 27.9. The van der Waals surface area contributed by atoms with Gasteiger partial charge in [-0.3, -0.25) is 9.69 Å². The Hall–Kier alpha value is -1.33. The Bertz CT molecular complexity index is 618. The molecular weight excluding hydrogens is 370 g/mol. The summed E-state index contributed by atoms with van der Waals surface area (Å²) in [5.41, 5.74) is 4.54. The zero-order valence-electron chi connectivity index (χ0n) is 18.3. The third-order valence-corrected chi connectivity index (χ3v) is 3.22. The van der Waals surface area contributed by atoms with E-state index < -0.39 is 0 Å². The Morgan fingerprint density at radius 2 is 1.19 bits per heavy atom. The van der Waals surface area contributed by atoms with Crippen molar-refractivity contribution >= 4 is 17.3 Å². The van der Waals surface area contributed by atoms with Gasteiger partial charge in [-0.25, -0.2) is 12.1 Å². The van der Waals surface area contributed by atoms with Gasteiger partial charge in [0.1, 0.15) is 0 Å². The summed E-state index contributed by atoms with van der Waals surface area (Å²) >= 11 is 0. The largest absolute Gasteiger partial charge is 3.00 e. The fourth-order valence-corrected chi connectivity index (χ4v) is 2.08. The number of rotatable bonds is 0. The van der Waals surface area contributed by atoms with Gasteiger partial charge in [0.05, 0.1) is 11.4 Å². The molecule has 0 N–H and O–H groups in total. The molecule has 0 unspecified atom stereocenters. The van der Waals surface area contributed by atoms with Crippen molar-refractivity contribution < 1.29 is 26.5 Å². The molecule has 147 valence electrons. The summed E-state index contributed by atoms with van der Waals surface area (Å²) in [5, 5.41) is 7.00. The zero-order chi connectivity index (χ0) is 20.3. The van der Waals surface area contributed by atoms with Gasteiger partial charge in [0.2, 0.25) is 5.91 Å². The number of hydrogen-bond donors (Lipinski definition) is 0. The minimum atomic E-state index is -0.293. The number of fused-ring (bicyclic) bond motifs is 1. The Balaban J connectivity index is 0. The first-order valence-electron chi connectivity index (χ1n) is 8.73. The SMILES string of the molecule is CC(C)(C)C(=O)N1c2ccccc21.C[N-]C.C[N-]C.Cc1ccc(C)[cH-]1.[Ti+3]. The summed E-state index contributed by atoms with van der Waals surface area (Å²) in [4.78, 5) is 13.6. The van der Waals surface area contributed by atoms with Gasteiger partial charge in [-0.15, -0.1) is 0 Å². The van der Waals surface area contributed by atoms with E-state index in [1.807, 2.05) is 45.0 Å². The van der Waals surface area contributed by atoms with Crippen LogP contribution in [0.5, 0.6) is 0 Å². The van der Waals surface area contributed by atoms with Crippen molar-refractivity contribution in [1.82, 2.24) is 0 Å². The second kappa shape index (κ2) is 13.8. The van der Waals surface area contributed by atoms with Gasteiger partial charge in [-0.05, 0) is 12.1 Å². The summed E-state index contributed by atoms with van der Waals surface area (Å²) in [5.74, 6) is 0.175. The maximum absolute atomic E-state index is 11.8. The fraction of sp³-hybridized carbons (Fsp3) is 0.455. The van der Waals surface area contributed by atoms with E-state index in [1.165, 1.54) is 11.1 Å². The predicted molar refractivity (Wildman–Crippen MR) is 115 cm³/mol. The van der Waals surface area contributed by atoms with Crippen LogP contribution in [0.2, 0.25) is 0 Å². The minimum Gasteiger partial charge on any atom is -0.668 e. The molecule has 0 spiro atoms. The van der Waals surface area contributed by atoms with Crippen molar-refractivity contribution in [3.05, 3.63) is 64.2 Å². The number of anilines is 2. The van der Waals surface area contributed by atoms with Crippen molar-refractivity contribution in [2.75, 3.05) is 33.1 Å². The molecule has 3 rings (SSSR count). The molecule has 0 saturated carbocycles. The van der Waals surface area contributed by atoms with Gasteiger partial charge >= 0.3 is 21.7 Å². The molecular formula is C22H34N3OTi. The topological polar surface area (TPSA) is 48.3 Å². The molecule has 1 aliphatic rings. The number of aryl methyl sites for hydroxylation is 2. The van der Waals surface area contributed by atoms with Crippen LogP contribution >= 0.6 is 0 Å². The quantitative estimate of drug-likeness (QED) is 0.303. The summed E-state index contributed by atoms with van der Waals surface area (Å²) in [7, 11) is 7.00. The van der Waals surface area contributed by atoms with Crippen molar-refractivity contribution in [3.8, 4) is 0 Å². The molecule has 5 heteroatoms. The summed E-state index contributed by atoms with van der Waals surface area (Å²) in [6.45, 7) is 10.0.